The Morgan fingerprint density at radius 2 is 2.06 bits per heavy atom. The van der Waals surface area contributed by atoms with Crippen LogP contribution in [0, 0.1) is 0 Å². The molecule has 0 saturated carbocycles. The van der Waals surface area contributed by atoms with E-state index in [2.05, 4.69) is 0 Å². The van der Waals surface area contributed by atoms with Gasteiger partial charge in [-0.05, 0) is 24.1 Å². The molecule has 0 aromatic heterocycles. The summed E-state index contributed by atoms with van der Waals surface area (Å²) in [4.78, 5) is 12.0. The van der Waals surface area contributed by atoms with Gasteiger partial charge in [0.15, 0.2) is 0 Å². The van der Waals surface area contributed by atoms with Crippen molar-refractivity contribution in [3.05, 3.63) is 29.8 Å². The number of amides is 1. The van der Waals surface area contributed by atoms with Gasteiger partial charge in [-0.3, -0.25) is 4.79 Å². The number of carbonyl (C=O) groups excluding carboxylic acids is 1. The zero-order valence-corrected chi connectivity index (χ0v) is 10.00. The molecule has 6 heteroatoms. The predicted molar refractivity (Wildman–Crippen MR) is 62.6 cm³/mol. The average molecular weight is 260 g/mol. The second-order valence-corrected chi connectivity index (χ2v) is 3.97. The van der Waals surface area contributed by atoms with Crippen LogP contribution in [0.25, 0.3) is 0 Å². The molecule has 0 atom stereocenters. The van der Waals surface area contributed by atoms with Gasteiger partial charge >= 0.3 is 12.1 Å². The molecule has 0 spiro atoms. The van der Waals surface area contributed by atoms with Crippen LogP contribution in [0.1, 0.15) is 18.9 Å². The van der Waals surface area contributed by atoms with Crippen LogP contribution in [0.15, 0.2) is 24.3 Å². The standard InChI is InChI=1S/C12H15F3N2O/c1-2-6-17(11(18)12(13,14)15)8-9-4-3-5-10(16)7-9/h3-5,7H,2,6,8,16H2,1H3. The first-order chi connectivity index (χ1) is 8.34. The maximum atomic E-state index is 12.4. The van der Waals surface area contributed by atoms with Crippen molar-refractivity contribution in [3.8, 4) is 0 Å². The largest absolute Gasteiger partial charge is 0.471 e. The summed E-state index contributed by atoms with van der Waals surface area (Å²) in [6.45, 7) is 1.69. The number of hydrogen-bond acceptors (Lipinski definition) is 2. The van der Waals surface area contributed by atoms with Crippen LogP contribution in [0.3, 0.4) is 0 Å². The Balaban J connectivity index is 2.84. The van der Waals surface area contributed by atoms with E-state index in [4.69, 9.17) is 5.73 Å². The lowest BCUT2D eigenvalue weighted by molar-refractivity contribution is -0.186. The summed E-state index contributed by atoms with van der Waals surface area (Å²) in [6, 6.07) is 6.49. The number of rotatable bonds is 4. The van der Waals surface area contributed by atoms with Crippen LogP contribution in [-0.4, -0.2) is 23.5 Å². The second kappa shape index (κ2) is 5.75. The minimum absolute atomic E-state index is 0.0626. The number of hydrogen-bond donors (Lipinski definition) is 1. The molecule has 1 aromatic rings. The van der Waals surface area contributed by atoms with Gasteiger partial charge in [-0.15, -0.1) is 0 Å². The molecule has 0 fully saturated rings. The summed E-state index contributed by atoms with van der Waals surface area (Å²) < 4.78 is 37.2. The molecule has 18 heavy (non-hydrogen) atoms. The number of nitrogen functional groups attached to an aromatic ring is 1. The quantitative estimate of drug-likeness (QED) is 0.846. The SMILES string of the molecule is CCCN(Cc1cccc(N)c1)C(=O)C(F)(F)F. The Hall–Kier alpha value is -1.72. The molecule has 100 valence electrons. The minimum Gasteiger partial charge on any atom is -0.399 e. The molecule has 0 aliphatic heterocycles. The topological polar surface area (TPSA) is 46.3 Å². The van der Waals surface area contributed by atoms with Crippen LogP contribution in [0.4, 0.5) is 18.9 Å². The lowest BCUT2D eigenvalue weighted by atomic mass is 10.2. The second-order valence-electron chi connectivity index (χ2n) is 3.97. The van der Waals surface area contributed by atoms with Crippen molar-refractivity contribution in [1.29, 1.82) is 0 Å². The zero-order chi connectivity index (χ0) is 13.8. The lowest BCUT2D eigenvalue weighted by Crippen LogP contribution is -2.41. The Morgan fingerprint density at radius 1 is 1.39 bits per heavy atom. The van der Waals surface area contributed by atoms with E-state index in [0.29, 0.717) is 17.7 Å². The maximum absolute atomic E-state index is 12.4. The molecule has 0 aliphatic rings. The van der Waals surface area contributed by atoms with Crippen LogP contribution in [-0.2, 0) is 11.3 Å². The number of nitrogens with zero attached hydrogens (tertiary/aromatic N) is 1. The van der Waals surface area contributed by atoms with Gasteiger partial charge < -0.3 is 10.6 Å². The Bertz CT molecular complexity index is 418. The van der Waals surface area contributed by atoms with Crippen LogP contribution >= 0.6 is 0 Å². The van der Waals surface area contributed by atoms with E-state index in [9.17, 15) is 18.0 Å². The number of anilines is 1. The fourth-order valence-corrected chi connectivity index (χ4v) is 1.61. The fraction of sp³-hybridized carbons (Fsp3) is 0.417. The van der Waals surface area contributed by atoms with Gasteiger partial charge in [0.25, 0.3) is 0 Å². The summed E-state index contributed by atoms with van der Waals surface area (Å²) in [5.74, 6) is -1.81. The maximum Gasteiger partial charge on any atom is 0.471 e. The van der Waals surface area contributed by atoms with Gasteiger partial charge in [0, 0.05) is 18.8 Å². The van der Waals surface area contributed by atoms with E-state index in [-0.39, 0.29) is 13.1 Å². The Labute approximate surface area is 103 Å². The number of benzene rings is 1. The van der Waals surface area contributed by atoms with E-state index in [1.54, 1.807) is 31.2 Å². The van der Waals surface area contributed by atoms with Crippen molar-refractivity contribution in [2.45, 2.75) is 26.1 Å². The first-order valence-corrected chi connectivity index (χ1v) is 5.55. The molecule has 1 amide bonds. The third-order valence-electron chi connectivity index (χ3n) is 2.35. The monoisotopic (exact) mass is 260 g/mol. The van der Waals surface area contributed by atoms with Gasteiger partial charge in [0.1, 0.15) is 0 Å². The molecular weight excluding hydrogens is 245 g/mol. The molecule has 3 nitrogen and oxygen atoms in total. The Kier molecular flexibility index (Phi) is 4.58. The number of halogens is 3. The smallest absolute Gasteiger partial charge is 0.399 e. The average Bonchev–Trinajstić information content (AvgIpc) is 2.26. The molecular formula is C12H15F3N2O. The summed E-state index contributed by atoms with van der Waals surface area (Å²) in [6.07, 6.45) is -4.38. The van der Waals surface area contributed by atoms with Crippen LogP contribution in [0.5, 0.6) is 0 Å². The van der Waals surface area contributed by atoms with Crippen molar-refractivity contribution in [1.82, 2.24) is 4.90 Å². The van der Waals surface area contributed by atoms with Crippen molar-refractivity contribution in [3.63, 3.8) is 0 Å². The van der Waals surface area contributed by atoms with E-state index in [1.807, 2.05) is 0 Å². The van der Waals surface area contributed by atoms with Crippen LogP contribution in [0.2, 0.25) is 0 Å². The molecule has 0 radical (unpaired) electrons. The predicted octanol–water partition coefficient (Wildman–Crippen LogP) is 2.57. The fourth-order valence-electron chi connectivity index (χ4n) is 1.61. The summed E-state index contributed by atoms with van der Waals surface area (Å²) in [7, 11) is 0. The third-order valence-corrected chi connectivity index (χ3v) is 2.35. The molecule has 0 bridgehead atoms. The van der Waals surface area contributed by atoms with Gasteiger partial charge in [0.2, 0.25) is 0 Å². The van der Waals surface area contributed by atoms with E-state index >= 15 is 0 Å². The molecule has 0 heterocycles. The number of alkyl halides is 3. The number of nitrogens with two attached hydrogens (primary N) is 1. The first-order valence-electron chi connectivity index (χ1n) is 5.55. The van der Waals surface area contributed by atoms with Gasteiger partial charge in [-0.1, -0.05) is 19.1 Å². The summed E-state index contributed by atoms with van der Waals surface area (Å²) in [5, 5.41) is 0. The zero-order valence-electron chi connectivity index (χ0n) is 10.00. The molecule has 1 rings (SSSR count). The normalized spacial score (nSPS) is 11.3. The van der Waals surface area contributed by atoms with Crippen molar-refractivity contribution < 1.29 is 18.0 Å². The third kappa shape index (κ3) is 3.94. The van der Waals surface area contributed by atoms with Crippen molar-refractivity contribution in [2.24, 2.45) is 0 Å². The molecule has 2 N–H and O–H groups in total. The lowest BCUT2D eigenvalue weighted by Gasteiger charge is -2.23. The summed E-state index contributed by atoms with van der Waals surface area (Å²) in [5.41, 5.74) is 6.59. The molecule has 1 aromatic carbocycles. The highest BCUT2D eigenvalue weighted by atomic mass is 19.4. The molecule has 0 unspecified atom stereocenters. The van der Waals surface area contributed by atoms with Gasteiger partial charge in [0.05, 0.1) is 0 Å². The minimum atomic E-state index is -4.84. The van der Waals surface area contributed by atoms with Crippen LogP contribution < -0.4 is 5.73 Å². The van der Waals surface area contributed by atoms with E-state index in [0.717, 1.165) is 4.90 Å². The Morgan fingerprint density at radius 3 is 2.56 bits per heavy atom. The van der Waals surface area contributed by atoms with Crippen molar-refractivity contribution >= 4 is 11.6 Å². The van der Waals surface area contributed by atoms with Gasteiger partial charge in [-0.2, -0.15) is 13.2 Å². The van der Waals surface area contributed by atoms with Crippen molar-refractivity contribution in [2.75, 3.05) is 12.3 Å². The highest BCUT2D eigenvalue weighted by Gasteiger charge is 2.42. The summed E-state index contributed by atoms with van der Waals surface area (Å²) >= 11 is 0. The first kappa shape index (κ1) is 14.3. The van der Waals surface area contributed by atoms with Gasteiger partial charge in [-0.25, -0.2) is 0 Å². The molecule has 0 aliphatic carbocycles. The highest BCUT2D eigenvalue weighted by Crippen LogP contribution is 2.20. The highest BCUT2D eigenvalue weighted by molar-refractivity contribution is 5.81. The van der Waals surface area contributed by atoms with E-state index < -0.39 is 12.1 Å². The van der Waals surface area contributed by atoms with E-state index in [1.165, 1.54) is 0 Å². The molecule has 0 saturated heterocycles. The number of carbonyl (C=O) groups is 1.